The number of benzene rings is 2. The summed E-state index contributed by atoms with van der Waals surface area (Å²) < 4.78 is 16.0. The van der Waals surface area contributed by atoms with Gasteiger partial charge >= 0.3 is 5.97 Å². The zero-order valence-electron chi connectivity index (χ0n) is 16.7. The second-order valence-electron chi connectivity index (χ2n) is 7.52. The van der Waals surface area contributed by atoms with Crippen LogP contribution in [-0.4, -0.2) is 20.2 Å². The van der Waals surface area contributed by atoms with Crippen LogP contribution in [0.5, 0.6) is 11.5 Å². The number of carbonyl (C=O) groups is 1. The molecule has 0 heterocycles. The lowest BCUT2D eigenvalue weighted by Crippen LogP contribution is -2.13. The van der Waals surface area contributed by atoms with E-state index in [1.54, 1.807) is 32.4 Å². The highest BCUT2D eigenvalue weighted by Crippen LogP contribution is 2.28. The van der Waals surface area contributed by atoms with Crippen molar-refractivity contribution in [2.24, 2.45) is 0 Å². The summed E-state index contributed by atoms with van der Waals surface area (Å²) in [4.78, 5) is 12.5. The third-order valence-electron chi connectivity index (χ3n) is 4.50. The minimum atomic E-state index is -0.402. The lowest BCUT2D eigenvalue weighted by atomic mass is 9.84. The number of esters is 1. The van der Waals surface area contributed by atoms with Gasteiger partial charge in [-0.1, -0.05) is 32.9 Å². The van der Waals surface area contributed by atoms with Crippen molar-refractivity contribution in [2.45, 2.75) is 46.6 Å². The van der Waals surface area contributed by atoms with E-state index < -0.39 is 5.97 Å². The number of aryl methyl sites for hydroxylation is 2. The van der Waals surface area contributed by atoms with Crippen molar-refractivity contribution in [1.29, 1.82) is 0 Å². The summed E-state index contributed by atoms with van der Waals surface area (Å²) in [6.07, 6.45) is 0. The van der Waals surface area contributed by atoms with Gasteiger partial charge in [-0.3, -0.25) is 0 Å². The van der Waals surface area contributed by atoms with Gasteiger partial charge in [0.1, 0.15) is 18.1 Å². The molecule has 0 N–H and O–H groups in total. The van der Waals surface area contributed by atoms with E-state index in [4.69, 9.17) is 14.2 Å². The van der Waals surface area contributed by atoms with Gasteiger partial charge in [0.2, 0.25) is 0 Å². The molecule has 0 atom stereocenters. The van der Waals surface area contributed by atoms with Crippen molar-refractivity contribution in [3.8, 4) is 11.5 Å². The maximum Gasteiger partial charge on any atom is 0.338 e. The van der Waals surface area contributed by atoms with Crippen molar-refractivity contribution in [2.75, 3.05) is 14.2 Å². The molecule has 2 aromatic carbocycles. The van der Waals surface area contributed by atoms with Gasteiger partial charge in [-0.25, -0.2) is 4.79 Å². The topological polar surface area (TPSA) is 44.8 Å². The second kappa shape index (κ2) is 7.81. The van der Waals surface area contributed by atoms with Crippen LogP contribution < -0.4 is 9.47 Å². The number of carbonyl (C=O) groups excluding carboxylic acids is 1. The molecule has 0 saturated carbocycles. The van der Waals surface area contributed by atoms with Gasteiger partial charge in [-0.2, -0.15) is 0 Å². The largest absolute Gasteiger partial charge is 0.497 e. The first-order valence-electron chi connectivity index (χ1n) is 8.66. The lowest BCUT2D eigenvalue weighted by Gasteiger charge is -2.22. The highest BCUT2D eigenvalue weighted by Gasteiger charge is 2.17. The molecule has 0 spiro atoms. The average molecular weight is 356 g/mol. The van der Waals surface area contributed by atoms with Crippen LogP contribution in [0.1, 0.15) is 53.4 Å². The maximum absolute atomic E-state index is 12.5. The molecule has 0 aromatic heterocycles. The maximum atomic E-state index is 12.5. The van der Waals surface area contributed by atoms with Crippen molar-refractivity contribution in [3.05, 3.63) is 58.1 Å². The summed E-state index contributed by atoms with van der Waals surface area (Å²) >= 11 is 0. The molecule has 4 nitrogen and oxygen atoms in total. The van der Waals surface area contributed by atoms with Gasteiger partial charge in [0.15, 0.2) is 0 Å². The first-order valence-corrected chi connectivity index (χ1v) is 8.66. The molecular formula is C22H28O4. The Morgan fingerprint density at radius 2 is 1.38 bits per heavy atom. The number of hydrogen-bond donors (Lipinski definition) is 0. The molecule has 0 saturated heterocycles. The van der Waals surface area contributed by atoms with E-state index >= 15 is 0 Å². The second-order valence-corrected chi connectivity index (χ2v) is 7.52. The van der Waals surface area contributed by atoms with Crippen LogP contribution in [0.3, 0.4) is 0 Å². The number of rotatable bonds is 5. The lowest BCUT2D eigenvalue weighted by molar-refractivity contribution is 0.0470. The average Bonchev–Trinajstić information content (AvgIpc) is 2.59. The Labute approximate surface area is 156 Å². The van der Waals surface area contributed by atoms with Crippen LogP contribution in [0, 0.1) is 13.8 Å². The van der Waals surface area contributed by atoms with Crippen molar-refractivity contribution < 1.29 is 19.0 Å². The third-order valence-corrected chi connectivity index (χ3v) is 4.50. The molecule has 2 aromatic rings. The van der Waals surface area contributed by atoms with E-state index in [0.29, 0.717) is 17.1 Å². The molecule has 0 amide bonds. The van der Waals surface area contributed by atoms with Gasteiger partial charge in [-0.05, 0) is 53.6 Å². The molecule has 0 aliphatic rings. The molecular weight excluding hydrogens is 328 g/mol. The van der Waals surface area contributed by atoms with Crippen LogP contribution in [0.4, 0.5) is 0 Å². The standard InChI is InChI=1S/C22H28O4/c1-14-8-17(22(3,4)5)9-15(2)20(14)13-26-21(23)16-10-18(24-6)12-19(11-16)25-7/h8-12H,13H2,1-7H3. The van der Waals surface area contributed by atoms with Gasteiger partial charge < -0.3 is 14.2 Å². The molecule has 2 rings (SSSR count). The SMILES string of the molecule is COc1cc(OC)cc(C(=O)OCc2c(C)cc(C(C)(C)C)cc2C)c1. The minimum Gasteiger partial charge on any atom is -0.497 e. The zero-order valence-corrected chi connectivity index (χ0v) is 16.7. The Balaban J connectivity index is 2.20. The molecule has 0 aliphatic heterocycles. The Bertz CT molecular complexity index is 755. The molecule has 4 heteroatoms. The molecule has 140 valence electrons. The molecule has 0 aliphatic carbocycles. The smallest absolute Gasteiger partial charge is 0.338 e. The van der Waals surface area contributed by atoms with Crippen LogP contribution in [0.2, 0.25) is 0 Å². The van der Waals surface area contributed by atoms with Crippen molar-refractivity contribution in [3.63, 3.8) is 0 Å². The minimum absolute atomic E-state index is 0.0852. The highest BCUT2D eigenvalue weighted by molar-refractivity contribution is 5.90. The van der Waals surface area contributed by atoms with E-state index in [1.165, 1.54) is 5.56 Å². The Kier molecular flexibility index (Phi) is 5.96. The van der Waals surface area contributed by atoms with E-state index in [-0.39, 0.29) is 12.0 Å². The summed E-state index contributed by atoms with van der Waals surface area (Å²) in [5.41, 5.74) is 5.07. The summed E-state index contributed by atoms with van der Waals surface area (Å²) in [5.74, 6) is 0.706. The van der Waals surface area contributed by atoms with Crippen LogP contribution in [-0.2, 0) is 16.8 Å². The fraction of sp³-hybridized carbons (Fsp3) is 0.409. The Morgan fingerprint density at radius 3 is 1.81 bits per heavy atom. The fourth-order valence-electron chi connectivity index (χ4n) is 2.80. The van der Waals surface area contributed by atoms with E-state index in [0.717, 1.165) is 16.7 Å². The van der Waals surface area contributed by atoms with Crippen molar-refractivity contribution >= 4 is 5.97 Å². The van der Waals surface area contributed by atoms with Crippen molar-refractivity contribution in [1.82, 2.24) is 0 Å². The summed E-state index contributed by atoms with van der Waals surface area (Å²) in [5, 5.41) is 0. The molecule has 0 unspecified atom stereocenters. The molecule has 26 heavy (non-hydrogen) atoms. The first kappa shape index (κ1) is 19.8. The summed E-state index contributed by atoms with van der Waals surface area (Å²) in [7, 11) is 3.10. The third kappa shape index (κ3) is 4.57. The molecule has 0 fully saturated rings. The first-order chi connectivity index (χ1) is 12.2. The van der Waals surface area contributed by atoms with Crippen LogP contribution in [0.25, 0.3) is 0 Å². The van der Waals surface area contributed by atoms with Gasteiger partial charge in [-0.15, -0.1) is 0 Å². The van der Waals surface area contributed by atoms with E-state index in [9.17, 15) is 4.79 Å². The Morgan fingerprint density at radius 1 is 0.885 bits per heavy atom. The zero-order chi connectivity index (χ0) is 19.5. The summed E-state index contributed by atoms with van der Waals surface area (Å²) in [6.45, 7) is 10.9. The quantitative estimate of drug-likeness (QED) is 0.709. The predicted molar refractivity (Wildman–Crippen MR) is 103 cm³/mol. The highest BCUT2D eigenvalue weighted by atomic mass is 16.5. The van der Waals surface area contributed by atoms with Gasteiger partial charge in [0.05, 0.1) is 19.8 Å². The van der Waals surface area contributed by atoms with Gasteiger partial charge in [0, 0.05) is 6.07 Å². The predicted octanol–water partition coefficient (Wildman–Crippen LogP) is 4.98. The van der Waals surface area contributed by atoms with Crippen LogP contribution >= 0.6 is 0 Å². The summed E-state index contributed by atoms with van der Waals surface area (Å²) in [6, 6.07) is 9.35. The normalized spacial score (nSPS) is 11.2. The van der Waals surface area contributed by atoms with Gasteiger partial charge in [0.25, 0.3) is 0 Å². The molecule has 0 bridgehead atoms. The molecule has 0 radical (unpaired) electrons. The fourth-order valence-corrected chi connectivity index (χ4v) is 2.80. The number of ether oxygens (including phenoxy) is 3. The van der Waals surface area contributed by atoms with E-state index in [2.05, 4.69) is 46.8 Å². The monoisotopic (exact) mass is 356 g/mol. The van der Waals surface area contributed by atoms with Crippen LogP contribution in [0.15, 0.2) is 30.3 Å². The number of hydrogen-bond acceptors (Lipinski definition) is 4. The number of methoxy groups -OCH3 is 2. The van der Waals surface area contributed by atoms with E-state index in [1.807, 2.05) is 0 Å². The Hall–Kier alpha value is -2.49.